The first kappa shape index (κ1) is 17.2. The number of amides is 1. The van der Waals surface area contributed by atoms with Crippen molar-refractivity contribution in [2.75, 3.05) is 5.32 Å². The fourth-order valence-corrected chi connectivity index (χ4v) is 2.88. The molecular formula is C18H16FN3O2S. The Labute approximate surface area is 148 Å². The van der Waals surface area contributed by atoms with E-state index in [2.05, 4.69) is 15.5 Å². The molecule has 1 N–H and O–H groups in total. The van der Waals surface area contributed by atoms with Crippen LogP contribution in [0.25, 0.3) is 11.5 Å². The fraction of sp³-hybridized carbons (Fsp3) is 0.167. The summed E-state index contributed by atoms with van der Waals surface area (Å²) in [5.41, 5.74) is 2.29. The minimum Gasteiger partial charge on any atom is -0.411 e. The molecule has 25 heavy (non-hydrogen) atoms. The maximum absolute atomic E-state index is 13.2. The largest absolute Gasteiger partial charge is 0.411 e. The van der Waals surface area contributed by atoms with Gasteiger partial charge in [0.15, 0.2) is 0 Å². The third-order valence-corrected chi connectivity index (χ3v) is 4.46. The molecule has 0 spiro atoms. The van der Waals surface area contributed by atoms with Gasteiger partial charge in [-0.05, 0) is 43.7 Å². The maximum Gasteiger partial charge on any atom is 0.277 e. The molecule has 3 rings (SSSR count). The number of nitrogens with zero attached hydrogens (tertiary/aromatic N) is 2. The highest BCUT2D eigenvalue weighted by atomic mass is 32.2. The molecule has 1 amide bonds. The summed E-state index contributed by atoms with van der Waals surface area (Å²) in [6, 6.07) is 13.4. The standard InChI is InChI=1S/C18H16FN3O2S/c1-11-6-3-4-9-15(11)17-21-22-18(24-17)25-12(2)16(23)20-14-8-5-7-13(19)10-14/h3-10,12H,1-2H3,(H,20,23). The van der Waals surface area contributed by atoms with E-state index in [0.717, 1.165) is 22.9 Å². The summed E-state index contributed by atoms with van der Waals surface area (Å²) < 4.78 is 18.8. The molecule has 0 radical (unpaired) electrons. The Bertz CT molecular complexity index is 897. The van der Waals surface area contributed by atoms with Crippen LogP contribution in [-0.4, -0.2) is 21.4 Å². The van der Waals surface area contributed by atoms with E-state index < -0.39 is 11.1 Å². The number of hydrogen-bond acceptors (Lipinski definition) is 5. The van der Waals surface area contributed by atoms with Crippen molar-refractivity contribution in [3.63, 3.8) is 0 Å². The topological polar surface area (TPSA) is 68.0 Å². The second-order valence-corrected chi connectivity index (χ2v) is 6.74. The average Bonchev–Trinajstić information content (AvgIpc) is 3.03. The number of halogens is 1. The van der Waals surface area contributed by atoms with Gasteiger partial charge in [0.2, 0.25) is 11.8 Å². The number of thioether (sulfide) groups is 1. The molecule has 7 heteroatoms. The molecule has 0 aliphatic heterocycles. The predicted octanol–water partition coefficient (Wildman–Crippen LogP) is 4.30. The first-order chi connectivity index (χ1) is 12.0. The minimum absolute atomic E-state index is 0.272. The smallest absolute Gasteiger partial charge is 0.277 e. The number of carbonyl (C=O) groups is 1. The van der Waals surface area contributed by atoms with Crippen molar-refractivity contribution < 1.29 is 13.6 Å². The van der Waals surface area contributed by atoms with E-state index in [1.165, 1.54) is 18.2 Å². The van der Waals surface area contributed by atoms with E-state index in [9.17, 15) is 9.18 Å². The van der Waals surface area contributed by atoms with E-state index in [-0.39, 0.29) is 5.91 Å². The highest BCUT2D eigenvalue weighted by molar-refractivity contribution is 8.00. The Balaban J connectivity index is 1.66. The lowest BCUT2D eigenvalue weighted by Gasteiger charge is -2.09. The van der Waals surface area contributed by atoms with Gasteiger partial charge in [-0.3, -0.25) is 4.79 Å². The van der Waals surface area contributed by atoms with Crippen LogP contribution in [0, 0.1) is 12.7 Å². The van der Waals surface area contributed by atoms with Crippen LogP contribution in [0.4, 0.5) is 10.1 Å². The molecule has 1 heterocycles. The lowest BCUT2D eigenvalue weighted by Crippen LogP contribution is -2.22. The van der Waals surface area contributed by atoms with E-state index >= 15 is 0 Å². The van der Waals surface area contributed by atoms with Gasteiger partial charge < -0.3 is 9.73 Å². The Morgan fingerprint density at radius 2 is 2.00 bits per heavy atom. The molecule has 2 aromatic carbocycles. The van der Waals surface area contributed by atoms with Gasteiger partial charge in [-0.2, -0.15) is 0 Å². The van der Waals surface area contributed by atoms with Crippen LogP contribution in [0.15, 0.2) is 58.2 Å². The minimum atomic E-state index is -0.478. The van der Waals surface area contributed by atoms with Crippen molar-refractivity contribution in [3.05, 3.63) is 59.9 Å². The molecule has 3 aromatic rings. The number of anilines is 1. The molecule has 128 valence electrons. The molecule has 0 aliphatic carbocycles. The van der Waals surface area contributed by atoms with Crippen molar-refractivity contribution >= 4 is 23.4 Å². The van der Waals surface area contributed by atoms with Crippen LogP contribution in [0.2, 0.25) is 0 Å². The summed E-state index contributed by atoms with van der Waals surface area (Å²) in [5, 5.41) is 10.5. The molecule has 0 saturated carbocycles. The van der Waals surface area contributed by atoms with E-state index in [4.69, 9.17) is 4.42 Å². The van der Waals surface area contributed by atoms with Gasteiger partial charge in [0.05, 0.1) is 5.25 Å². The Hall–Kier alpha value is -2.67. The zero-order valence-corrected chi connectivity index (χ0v) is 14.5. The number of benzene rings is 2. The van der Waals surface area contributed by atoms with Crippen molar-refractivity contribution in [3.8, 4) is 11.5 Å². The molecule has 1 atom stereocenters. The summed E-state index contributed by atoms with van der Waals surface area (Å²) >= 11 is 1.15. The van der Waals surface area contributed by atoms with Crippen molar-refractivity contribution in [1.82, 2.24) is 10.2 Å². The van der Waals surface area contributed by atoms with Gasteiger partial charge in [-0.15, -0.1) is 10.2 Å². The first-order valence-electron chi connectivity index (χ1n) is 7.65. The number of hydrogen-bond donors (Lipinski definition) is 1. The molecule has 5 nitrogen and oxygen atoms in total. The number of rotatable bonds is 5. The van der Waals surface area contributed by atoms with Crippen LogP contribution in [0.3, 0.4) is 0 Å². The Morgan fingerprint density at radius 1 is 1.20 bits per heavy atom. The maximum atomic E-state index is 13.2. The van der Waals surface area contributed by atoms with Gasteiger partial charge in [0, 0.05) is 11.3 Å². The first-order valence-corrected chi connectivity index (χ1v) is 8.53. The lowest BCUT2D eigenvalue weighted by atomic mass is 10.1. The van der Waals surface area contributed by atoms with E-state index in [0.29, 0.717) is 16.8 Å². The SMILES string of the molecule is Cc1ccccc1-c1nnc(SC(C)C(=O)Nc2cccc(F)c2)o1. The van der Waals surface area contributed by atoms with Crippen LogP contribution in [0.1, 0.15) is 12.5 Å². The average molecular weight is 357 g/mol. The molecule has 1 unspecified atom stereocenters. The lowest BCUT2D eigenvalue weighted by molar-refractivity contribution is -0.115. The molecule has 0 fully saturated rings. The van der Waals surface area contributed by atoms with E-state index in [1.54, 1.807) is 13.0 Å². The molecule has 0 saturated heterocycles. The van der Waals surface area contributed by atoms with Crippen LogP contribution in [-0.2, 0) is 4.79 Å². The number of nitrogens with one attached hydrogen (secondary N) is 1. The van der Waals surface area contributed by atoms with Crippen molar-refractivity contribution in [2.24, 2.45) is 0 Å². The quantitative estimate of drug-likeness (QED) is 0.690. The second-order valence-electron chi connectivity index (χ2n) is 5.45. The van der Waals surface area contributed by atoms with Crippen LogP contribution in [0.5, 0.6) is 0 Å². The summed E-state index contributed by atoms with van der Waals surface area (Å²) in [6.45, 7) is 3.68. The van der Waals surface area contributed by atoms with Crippen molar-refractivity contribution in [1.29, 1.82) is 0 Å². The predicted molar refractivity (Wildman–Crippen MR) is 94.8 cm³/mol. The van der Waals surface area contributed by atoms with Gasteiger partial charge in [0.25, 0.3) is 5.22 Å². The van der Waals surface area contributed by atoms with Gasteiger partial charge >= 0.3 is 0 Å². The highest BCUT2D eigenvalue weighted by Gasteiger charge is 2.19. The summed E-state index contributed by atoms with van der Waals surface area (Å²) in [5.74, 6) is -0.262. The van der Waals surface area contributed by atoms with Gasteiger partial charge in [-0.25, -0.2) is 4.39 Å². The normalized spacial score (nSPS) is 12.0. The van der Waals surface area contributed by atoms with Gasteiger partial charge in [0.1, 0.15) is 5.82 Å². The summed E-state index contributed by atoms with van der Waals surface area (Å²) in [4.78, 5) is 12.2. The Morgan fingerprint density at radius 3 is 2.76 bits per heavy atom. The zero-order chi connectivity index (χ0) is 17.8. The second kappa shape index (κ2) is 7.48. The summed E-state index contributed by atoms with van der Waals surface area (Å²) in [6.07, 6.45) is 0. The number of aryl methyl sites for hydroxylation is 1. The molecular weight excluding hydrogens is 341 g/mol. The van der Waals surface area contributed by atoms with Crippen LogP contribution < -0.4 is 5.32 Å². The monoisotopic (exact) mass is 357 g/mol. The molecule has 1 aromatic heterocycles. The van der Waals surface area contributed by atoms with E-state index in [1.807, 2.05) is 31.2 Å². The third kappa shape index (κ3) is 4.24. The third-order valence-electron chi connectivity index (χ3n) is 3.52. The van der Waals surface area contributed by atoms with Gasteiger partial charge in [-0.1, -0.05) is 36.0 Å². The van der Waals surface area contributed by atoms with Crippen molar-refractivity contribution in [2.45, 2.75) is 24.3 Å². The Kier molecular flexibility index (Phi) is 5.14. The highest BCUT2D eigenvalue weighted by Crippen LogP contribution is 2.28. The molecule has 0 bridgehead atoms. The zero-order valence-electron chi connectivity index (χ0n) is 13.7. The number of carbonyl (C=O) groups excluding carboxylic acids is 1. The summed E-state index contributed by atoms with van der Waals surface area (Å²) in [7, 11) is 0. The fourth-order valence-electron chi connectivity index (χ4n) is 2.19. The van der Waals surface area contributed by atoms with Crippen LogP contribution >= 0.6 is 11.8 Å². The molecule has 0 aliphatic rings. The number of aromatic nitrogens is 2.